The van der Waals surface area contributed by atoms with Crippen LogP contribution in [0.4, 0.5) is 0 Å². The number of ether oxygens (including phenoxy) is 3. The third-order valence-corrected chi connectivity index (χ3v) is 4.44. The van der Waals surface area contributed by atoms with Gasteiger partial charge in [-0.15, -0.1) is 0 Å². The van der Waals surface area contributed by atoms with E-state index < -0.39 is 0 Å². The second-order valence-electron chi connectivity index (χ2n) is 5.99. The molecule has 2 saturated heterocycles. The molecule has 0 bridgehead atoms. The number of nitrogens with zero attached hydrogens (tertiary/aromatic N) is 1. The van der Waals surface area contributed by atoms with Gasteiger partial charge in [0.25, 0.3) is 5.91 Å². The first kappa shape index (κ1) is 16.1. The van der Waals surface area contributed by atoms with Gasteiger partial charge in [0.1, 0.15) is 11.5 Å². The fourth-order valence-electron chi connectivity index (χ4n) is 3.18. The van der Waals surface area contributed by atoms with Gasteiger partial charge in [0, 0.05) is 0 Å². The van der Waals surface area contributed by atoms with Crippen molar-refractivity contribution in [1.82, 2.24) is 10.2 Å². The van der Waals surface area contributed by atoms with Crippen molar-refractivity contribution < 1.29 is 19.0 Å². The molecule has 2 fully saturated rings. The molecule has 6 nitrogen and oxygen atoms in total. The fourth-order valence-corrected chi connectivity index (χ4v) is 3.18. The summed E-state index contributed by atoms with van der Waals surface area (Å²) in [5, 5.41) is 3.04. The van der Waals surface area contributed by atoms with Gasteiger partial charge < -0.3 is 19.5 Å². The summed E-state index contributed by atoms with van der Waals surface area (Å²) in [4.78, 5) is 14.5. The highest BCUT2D eigenvalue weighted by molar-refractivity contribution is 5.78. The number of amides is 1. The highest BCUT2D eigenvalue weighted by Crippen LogP contribution is 2.19. The maximum atomic E-state index is 12.1. The summed E-state index contributed by atoms with van der Waals surface area (Å²) in [6, 6.07) is 7.54. The van der Waals surface area contributed by atoms with Crippen molar-refractivity contribution in [2.45, 2.75) is 24.9 Å². The Morgan fingerprint density at radius 2 is 1.91 bits per heavy atom. The van der Waals surface area contributed by atoms with Crippen LogP contribution in [0.25, 0.3) is 0 Å². The number of nitrogens with one attached hydrogen (secondary N) is 1. The van der Waals surface area contributed by atoms with Gasteiger partial charge in [-0.1, -0.05) is 0 Å². The second-order valence-corrected chi connectivity index (χ2v) is 5.99. The Hall–Kier alpha value is -1.79. The zero-order valence-electron chi connectivity index (χ0n) is 13.5. The van der Waals surface area contributed by atoms with Crippen LogP contribution in [0.1, 0.15) is 12.8 Å². The monoisotopic (exact) mass is 320 g/mol. The molecule has 2 heterocycles. The summed E-state index contributed by atoms with van der Waals surface area (Å²) in [5.74, 6) is 1.30. The topological polar surface area (TPSA) is 60.0 Å². The molecule has 0 aromatic heterocycles. The van der Waals surface area contributed by atoms with Gasteiger partial charge in [0.05, 0.1) is 32.4 Å². The van der Waals surface area contributed by atoms with Crippen LogP contribution in [0.15, 0.2) is 24.3 Å². The third-order valence-electron chi connectivity index (χ3n) is 4.44. The second kappa shape index (κ2) is 7.66. The number of rotatable bonds is 6. The van der Waals surface area contributed by atoms with E-state index in [2.05, 4.69) is 10.2 Å². The number of carbonyl (C=O) groups is 1. The number of carbonyl (C=O) groups excluding carboxylic acids is 1. The average molecular weight is 320 g/mol. The minimum atomic E-state index is -0.111. The van der Waals surface area contributed by atoms with Crippen molar-refractivity contribution in [1.29, 1.82) is 0 Å². The standard InChI is InChI=1S/C17H24N2O4/c1-21-13-4-6-14(7-5-13)23-12-17(20)18-15-10-22-11-16(15)19-8-2-3-9-19/h4-7,15-16H,2-3,8-12H2,1H3,(H,18,20)/t15-,16-/m0/s1. The molecule has 6 heteroatoms. The summed E-state index contributed by atoms with van der Waals surface area (Å²) in [5.41, 5.74) is 0. The first-order chi connectivity index (χ1) is 11.3. The minimum Gasteiger partial charge on any atom is -0.497 e. The highest BCUT2D eigenvalue weighted by Gasteiger charge is 2.35. The first-order valence-electron chi connectivity index (χ1n) is 8.14. The van der Waals surface area contributed by atoms with Gasteiger partial charge in [-0.05, 0) is 50.2 Å². The molecular formula is C17H24N2O4. The third kappa shape index (κ3) is 4.14. The number of hydrogen-bond acceptors (Lipinski definition) is 5. The Balaban J connectivity index is 1.46. The lowest BCUT2D eigenvalue weighted by molar-refractivity contribution is -0.124. The van der Waals surface area contributed by atoms with Gasteiger partial charge in [0.2, 0.25) is 0 Å². The van der Waals surface area contributed by atoms with Crippen molar-refractivity contribution in [2.24, 2.45) is 0 Å². The van der Waals surface area contributed by atoms with Crippen molar-refractivity contribution in [2.75, 3.05) is 40.0 Å². The number of benzene rings is 1. The van der Waals surface area contributed by atoms with Gasteiger partial charge in [0.15, 0.2) is 6.61 Å². The van der Waals surface area contributed by atoms with Gasteiger partial charge in [-0.3, -0.25) is 9.69 Å². The molecule has 1 aromatic rings. The molecule has 126 valence electrons. The summed E-state index contributed by atoms with van der Waals surface area (Å²) < 4.78 is 16.2. The van der Waals surface area contributed by atoms with E-state index in [1.54, 1.807) is 31.4 Å². The van der Waals surface area contributed by atoms with Crippen LogP contribution in [0.3, 0.4) is 0 Å². The van der Waals surface area contributed by atoms with E-state index in [-0.39, 0.29) is 18.6 Å². The maximum Gasteiger partial charge on any atom is 0.258 e. The molecule has 1 N–H and O–H groups in total. The zero-order chi connectivity index (χ0) is 16.1. The highest BCUT2D eigenvalue weighted by atomic mass is 16.5. The Bertz CT molecular complexity index is 514. The molecule has 0 unspecified atom stereocenters. The molecule has 1 aromatic carbocycles. The molecule has 0 radical (unpaired) electrons. The predicted octanol–water partition coefficient (Wildman–Crippen LogP) is 1.05. The molecular weight excluding hydrogens is 296 g/mol. The number of methoxy groups -OCH3 is 1. The van der Waals surface area contributed by atoms with Crippen LogP contribution < -0.4 is 14.8 Å². The van der Waals surface area contributed by atoms with E-state index in [0.717, 1.165) is 18.8 Å². The minimum absolute atomic E-state index is 0.00947. The Morgan fingerprint density at radius 3 is 2.61 bits per heavy atom. The average Bonchev–Trinajstić information content (AvgIpc) is 3.24. The van der Waals surface area contributed by atoms with E-state index in [1.807, 2.05) is 0 Å². The van der Waals surface area contributed by atoms with E-state index in [0.29, 0.717) is 25.0 Å². The zero-order valence-corrected chi connectivity index (χ0v) is 13.5. The SMILES string of the molecule is COc1ccc(OCC(=O)N[C@H]2COC[C@@H]2N2CCCC2)cc1. The van der Waals surface area contributed by atoms with E-state index in [9.17, 15) is 4.79 Å². The van der Waals surface area contributed by atoms with Crippen LogP contribution in [0.5, 0.6) is 11.5 Å². The molecule has 2 atom stereocenters. The number of hydrogen-bond donors (Lipinski definition) is 1. The Kier molecular flexibility index (Phi) is 5.35. The van der Waals surface area contributed by atoms with Crippen LogP contribution in [0.2, 0.25) is 0 Å². The molecule has 0 aliphatic carbocycles. The fraction of sp³-hybridized carbons (Fsp3) is 0.588. The summed E-state index contributed by atoms with van der Waals surface area (Å²) in [6.07, 6.45) is 2.47. The maximum absolute atomic E-state index is 12.1. The first-order valence-corrected chi connectivity index (χ1v) is 8.14. The molecule has 0 saturated carbocycles. The summed E-state index contributed by atoms with van der Waals surface area (Å²) in [6.45, 7) is 3.49. The van der Waals surface area contributed by atoms with Crippen molar-refractivity contribution in [3.05, 3.63) is 24.3 Å². The lowest BCUT2D eigenvalue weighted by Gasteiger charge is -2.27. The van der Waals surface area contributed by atoms with Crippen LogP contribution in [-0.4, -0.2) is 62.9 Å². The van der Waals surface area contributed by atoms with Crippen LogP contribution in [-0.2, 0) is 9.53 Å². The Morgan fingerprint density at radius 1 is 1.22 bits per heavy atom. The van der Waals surface area contributed by atoms with Gasteiger partial charge in [-0.25, -0.2) is 0 Å². The Labute approximate surface area is 136 Å². The van der Waals surface area contributed by atoms with Crippen molar-refractivity contribution in [3.63, 3.8) is 0 Å². The number of likely N-dealkylation sites (tertiary alicyclic amines) is 1. The molecule has 1 amide bonds. The molecule has 3 rings (SSSR count). The van der Waals surface area contributed by atoms with E-state index >= 15 is 0 Å². The molecule has 2 aliphatic heterocycles. The molecule has 0 spiro atoms. The van der Waals surface area contributed by atoms with E-state index in [1.165, 1.54) is 12.8 Å². The van der Waals surface area contributed by atoms with Gasteiger partial charge >= 0.3 is 0 Å². The lowest BCUT2D eigenvalue weighted by Crippen LogP contribution is -2.51. The largest absolute Gasteiger partial charge is 0.497 e. The molecule has 2 aliphatic rings. The summed E-state index contributed by atoms with van der Waals surface area (Å²) >= 11 is 0. The summed E-state index contributed by atoms with van der Waals surface area (Å²) in [7, 11) is 1.61. The smallest absolute Gasteiger partial charge is 0.258 e. The van der Waals surface area contributed by atoms with Gasteiger partial charge in [-0.2, -0.15) is 0 Å². The van der Waals surface area contributed by atoms with Crippen molar-refractivity contribution in [3.8, 4) is 11.5 Å². The molecule has 23 heavy (non-hydrogen) atoms. The van der Waals surface area contributed by atoms with Crippen molar-refractivity contribution >= 4 is 5.91 Å². The lowest BCUT2D eigenvalue weighted by atomic mass is 10.1. The predicted molar refractivity (Wildman–Crippen MR) is 85.8 cm³/mol. The quantitative estimate of drug-likeness (QED) is 0.849. The van der Waals surface area contributed by atoms with E-state index in [4.69, 9.17) is 14.2 Å². The van der Waals surface area contributed by atoms with Crippen LogP contribution in [0, 0.1) is 0 Å². The van der Waals surface area contributed by atoms with Crippen LogP contribution >= 0.6 is 0 Å². The normalized spacial score (nSPS) is 24.6.